The van der Waals surface area contributed by atoms with Crippen LogP contribution in [0.2, 0.25) is 0 Å². The zero-order valence-corrected chi connectivity index (χ0v) is 11.8. The molecule has 0 aliphatic carbocycles. The SMILES string of the molecule is c1ccc(Cn2cc(NCC3CCCCN3)cn2)cc1. The Balaban J connectivity index is 1.51. The fourth-order valence-corrected chi connectivity index (χ4v) is 2.65. The van der Waals surface area contributed by atoms with E-state index in [0.29, 0.717) is 6.04 Å². The van der Waals surface area contributed by atoms with Gasteiger partial charge in [-0.3, -0.25) is 4.68 Å². The molecule has 0 spiro atoms. The molecule has 1 aromatic carbocycles. The number of rotatable bonds is 5. The lowest BCUT2D eigenvalue weighted by atomic mass is 10.1. The molecular formula is C16H22N4. The molecule has 1 aromatic heterocycles. The van der Waals surface area contributed by atoms with Crippen molar-refractivity contribution in [3.8, 4) is 0 Å². The highest BCUT2D eigenvalue weighted by atomic mass is 15.3. The zero-order valence-electron chi connectivity index (χ0n) is 11.8. The highest BCUT2D eigenvalue weighted by Crippen LogP contribution is 2.11. The molecule has 1 atom stereocenters. The van der Waals surface area contributed by atoms with E-state index in [1.165, 1.54) is 24.8 Å². The van der Waals surface area contributed by atoms with E-state index in [9.17, 15) is 0 Å². The minimum atomic E-state index is 0.598. The van der Waals surface area contributed by atoms with E-state index in [1.807, 2.05) is 16.9 Å². The van der Waals surface area contributed by atoms with Crippen LogP contribution in [0.1, 0.15) is 24.8 Å². The summed E-state index contributed by atoms with van der Waals surface area (Å²) in [6.45, 7) is 2.96. The predicted molar refractivity (Wildman–Crippen MR) is 81.9 cm³/mol. The molecule has 3 rings (SSSR count). The number of aromatic nitrogens is 2. The van der Waals surface area contributed by atoms with E-state index in [-0.39, 0.29) is 0 Å². The summed E-state index contributed by atoms with van der Waals surface area (Å²) >= 11 is 0. The number of hydrogen-bond donors (Lipinski definition) is 2. The number of nitrogens with one attached hydrogen (secondary N) is 2. The predicted octanol–water partition coefficient (Wildman–Crippen LogP) is 2.49. The summed E-state index contributed by atoms with van der Waals surface area (Å²) in [6.07, 6.45) is 7.91. The molecule has 1 saturated heterocycles. The highest BCUT2D eigenvalue weighted by Gasteiger charge is 2.12. The third-order valence-electron chi connectivity index (χ3n) is 3.79. The van der Waals surface area contributed by atoms with Gasteiger partial charge in [0, 0.05) is 18.8 Å². The van der Waals surface area contributed by atoms with Crippen molar-refractivity contribution < 1.29 is 0 Å². The van der Waals surface area contributed by atoms with Crippen molar-refractivity contribution in [1.29, 1.82) is 0 Å². The molecule has 0 radical (unpaired) electrons. The molecule has 1 unspecified atom stereocenters. The molecule has 2 heterocycles. The second-order valence-electron chi connectivity index (χ2n) is 5.44. The summed E-state index contributed by atoms with van der Waals surface area (Å²) in [6, 6.07) is 11.0. The molecule has 0 bridgehead atoms. The smallest absolute Gasteiger partial charge is 0.0727 e. The van der Waals surface area contributed by atoms with Gasteiger partial charge in [-0.1, -0.05) is 36.8 Å². The summed E-state index contributed by atoms with van der Waals surface area (Å²) in [5.74, 6) is 0. The molecular weight excluding hydrogens is 248 g/mol. The van der Waals surface area contributed by atoms with Crippen molar-refractivity contribution in [3.63, 3.8) is 0 Å². The summed E-state index contributed by atoms with van der Waals surface area (Å²) in [5, 5.41) is 11.4. The van der Waals surface area contributed by atoms with Crippen molar-refractivity contribution in [2.24, 2.45) is 0 Å². The van der Waals surface area contributed by atoms with E-state index in [0.717, 1.165) is 25.3 Å². The van der Waals surface area contributed by atoms with Crippen LogP contribution in [0.3, 0.4) is 0 Å². The average Bonchev–Trinajstić information content (AvgIpc) is 2.95. The number of piperidine rings is 1. The largest absolute Gasteiger partial charge is 0.381 e. The molecule has 20 heavy (non-hydrogen) atoms. The van der Waals surface area contributed by atoms with E-state index >= 15 is 0 Å². The first kappa shape index (κ1) is 13.2. The summed E-state index contributed by atoms with van der Waals surface area (Å²) < 4.78 is 1.98. The van der Waals surface area contributed by atoms with Gasteiger partial charge in [-0.15, -0.1) is 0 Å². The number of benzene rings is 1. The Morgan fingerprint density at radius 2 is 2.15 bits per heavy atom. The van der Waals surface area contributed by atoms with Crippen LogP contribution in [-0.2, 0) is 6.54 Å². The first-order chi connectivity index (χ1) is 9.90. The topological polar surface area (TPSA) is 41.9 Å². The fourth-order valence-electron chi connectivity index (χ4n) is 2.65. The van der Waals surface area contributed by atoms with Gasteiger partial charge in [0.15, 0.2) is 0 Å². The molecule has 2 N–H and O–H groups in total. The Hall–Kier alpha value is -1.81. The van der Waals surface area contributed by atoms with E-state index < -0.39 is 0 Å². The van der Waals surface area contributed by atoms with Crippen LogP contribution in [0, 0.1) is 0 Å². The number of nitrogens with zero attached hydrogens (tertiary/aromatic N) is 2. The van der Waals surface area contributed by atoms with Gasteiger partial charge in [-0.2, -0.15) is 5.10 Å². The highest BCUT2D eigenvalue weighted by molar-refractivity contribution is 5.38. The lowest BCUT2D eigenvalue weighted by molar-refractivity contribution is 0.414. The standard InChI is InChI=1S/C16H22N4/c1-2-6-14(7-3-1)12-20-13-16(11-19-20)18-10-15-8-4-5-9-17-15/h1-3,6-7,11,13,15,17-18H,4-5,8-10,12H2. The molecule has 1 aliphatic rings. The van der Waals surface area contributed by atoms with Crippen LogP contribution in [-0.4, -0.2) is 28.9 Å². The first-order valence-electron chi connectivity index (χ1n) is 7.44. The Morgan fingerprint density at radius 1 is 1.25 bits per heavy atom. The Bertz CT molecular complexity index is 514. The van der Waals surface area contributed by atoms with Gasteiger partial charge in [0.05, 0.1) is 18.4 Å². The number of anilines is 1. The van der Waals surface area contributed by atoms with E-state index in [1.54, 1.807) is 0 Å². The summed E-state index contributed by atoms with van der Waals surface area (Å²) in [4.78, 5) is 0. The monoisotopic (exact) mass is 270 g/mol. The first-order valence-corrected chi connectivity index (χ1v) is 7.44. The normalized spacial score (nSPS) is 18.9. The average molecular weight is 270 g/mol. The maximum absolute atomic E-state index is 4.41. The fraction of sp³-hybridized carbons (Fsp3) is 0.438. The minimum Gasteiger partial charge on any atom is -0.381 e. The van der Waals surface area contributed by atoms with Gasteiger partial charge >= 0.3 is 0 Å². The summed E-state index contributed by atoms with van der Waals surface area (Å²) in [5.41, 5.74) is 2.38. The third kappa shape index (κ3) is 3.61. The lowest BCUT2D eigenvalue weighted by Gasteiger charge is -2.23. The van der Waals surface area contributed by atoms with Crippen LogP contribution in [0.15, 0.2) is 42.7 Å². The van der Waals surface area contributed by atoms with Crippen molar-refractivity contribution in [1.82, 2.24) is 15.1 Å². The van der Waals surface area contributed by atoms with Crippen LogP contribution >= 0.6 is 0 Å². The van der Waals surface area contributed by atoms with Gasteiger partial charge in [0.2, 0.25) is 0 Å². The molecule has 0 amide bonds. The molecule has 0 saturated carbocycles. The van der Waals surface area contributed by atoms with Gasteiger partial charge in [-0.05, 0) is 24.9 Å². The molecule has 1 aliphatic heterocycles. The van der Waals surface area contributed by atoms with E-state index in [2.05, 4.69) is 46.2 Å². The Morgan fingerprint density at radius 3 is 2.95 bits per heavy atom. The van der Waals surface area contributed by atoms with Crippen LogP contribution in [0.4, 0.5) is 5.69 Å². The van der Waals surface area contributed by atoms with Crippen LogP contribution in [0.25, 0.3) is 0 Å². The minimum absolute atomic E-state index is 0.598. The van der Waals surface area contributed by atoms with Gasteiger partial charge in [0.25, 0.3) is 0 Å². The van der Waals surface area contributed by atoms with Crippen molar-refractivity contribution in [3.05, 3.63) is 48.3 Å². The second-order valence-corrected chi connectivity index (χ2v) is 5.44. The van der Waals surface area contributed by atoms with E-state index in [4.69, 9.17) is 0 Å². The Labute approximate surface area is 120 Å². The molecule has 4 heteroatoms. The zero-order chi connectivity index (χ0) is 13.6. The second kappa shape index (κ2) is 6.57. The lowest BCUT2D eigenvalue weighted by Crippen LogP contribution is -2.39. The van der Waals surface area contributed by atoms with Gasteiger partial charge < -0.3 is 10.6 Å². The van der Waals surface area contributed by atoms with Gasteiger partial charge in [-0.25, -0.2) is 0 Å². The van der Waals surface area contributed by atoms with Gasteiger partial charge in [0.1, 0.15) is 0 Å². The third-order valence-corrected chi connectivity index (χ3v) is 3.79. The van der Waals surface area contributed by atoms with Crippen molar-refractivity contribution in [2.45, 2.75) is 31.8 Å². The van der Waals surface area contributed by atoms with Crippen LogP contribution < -0.4 is 10.6 Å². The maximum Gasteiger partial charge on any atom is 0.0727 e. The van der Waals surface area contributed by atoms with Crippen molar-refractivity contribution in [2.75, 3.05) is 18.4 Å². The molecule has 106 valence electrons. The quantitative estimate of drug-likeness (QED) is 0.877. The maximum atomic E-state index is 4.41. The Kier molecular flexibility index (Phi) is 4.33. The summed E-state index contributed by atoms with van der Waals surface area (Å²) in [7, 11) is 0. The van der Waals surface area contributed by atoms with Crippen LogP contribution in [0.5, 0.6) is 0 Å². The molecule has 1 fully saturated rings. The molecule has 2 aromatic rings. The van der Waals surface area contributed by atoms with Crippen molar-refractivity contribution >= 4 is 5.69 Å². The molecule has 4 nitrogen and oxygen atoms in total. The number of hydrogen-bond acceptors (Lipinski definition) is 3.